The normalized spacial score (nSPS) is 8.58. The fourth-order valence-corrected chi connectivity index (χ4v) is 1.35. The van der Waals surface area contributed by atoms with E-state index in [4.69, 9.17) is 0 Å². The summed E-state index contributed by atoms with van der Waals surface area (Å²) in [4.78, 5) is 11.8. The Bertz CT molecular complexity index is 206. The van der Waals surface area contributed by atoms with Crippen LogP contribution in [-0.4, -0.2) is 19.9 Å². The van der Waals surface area contributed by atoms with Gasteiger partial charge in [0.1, 0.15) is 0 Å². The number of carbonyl (C=O) groups is 1. The summed E-state index contributed by atoms with van der Waals surface area (Å²) in [6.07, 6.45) is 0.612. The van der Waals surface area contributed by atoms with Gasteiger partial charge in [-0.25, -0.2) is 0 Å². The Hall–Kier alpha value is -0.670. The lowest BCUT2D eigenvalue weighted by atomic mass is 10.3. The van der Waals surface area contributed by atoms with Crippen LogP contribution >= 0.6 is 11.3 Å². The Labute approximate surface area is 77.6 Å². The van der Waals surface area contributed by atoms with Crippen molar-refractivity contribution in [2.45, 2.75) is 13.3 Å². The lowest BCUT2D eigenvalue weighted by molar-refractivity contribution is 0.0992. The van der Waals surface area contributed by atoms with Crippen molar-refractivity contribution in [3.63, 3.8) is 0 Å². The summed E-state index contributed by atoms with van der Waals surface area (Å²) in [6.45, 7) is 1.88. The number of nitrogens with one attached hydrogen (secondary N) is 1. The van der Waals surface area contributed by atoms with Crippen LogP contribution in [0.3, 0.4) is 0 Å². The number of thiophene rings is 1. The molecule has 0 radical (unpaired) electrons. The number of rotatable bonds is 2. The molecule has 0 aliphatic heterocycles. The van der Waals surface area contributed by atoms with E-state index >= 15 is 0 Å². The molecular formula is C9H15NOS. The lowest BCUT2D eigenvalue weighted by Crippen LogP contribution is -1.90. The monoisotopic (exact) mass is 185 g/mol. The Kier molecular flexibility index (Phi) is 6.61. The largest absolute Gasteiger partial charge is 0.323 e. The van der Waals surface area contributed by atoms with Crippen molar-refractivity contribution in [2.24, 2.45) is 0 Å². The first kappa shape index (κ1) is 11.3. The second kappa shape index (κ2) is 7.00. The molecule has 0 fully saturated rings. The van der Waals surface area contributed by atoms with Crippen LogP contribution in [0.2, 0.25) is 0 Å². The topological polar surface area (TPSA) is 29.1 Å². The van der Waals surface area contributed by atoms with Crippen LogP contribution in [0.4, 0.5) is 0 Å². The number of ketones is 1. The van der Waals surface area contributed by atoms with Crippen LogP contribution in [0.25, 0.3) is 0 Å². The number of hydrogen-bond donors (Lipinski definition) is 1. The average Bonchev–Trinajstić information content (AvgIpc) is 2.56. The first-order chi connectivity index (χ1) is 5.76. The first-order valence-corrected chi connectivity index (χ1v) is 4.79. The van der Waals surface area contributed by atoms with Gasteiger partial charge in [-0.15, -0.1) is 11.3 Å². The Balaban J connectivity index is 0.000000354. The third-order valence-corrected chi connectivity index (χ3v) is 2.03. The molecule has 1 heterocycles. The molecular weight excluding hydrogens is 170 g/mol. The van der Waals surface area contributed by atoms with Gasteiger partial charge in [-0.2, -0.15) is 0 Å². The van der Waals surface area contributed by atoms with Gasteiger partial charge in [-0.3, -0.25) is 4.79 Å². The van der Waals surface area contributed by atoms with Crippen molar-refractivity contribution < 1.29 is 4.79 Å². The smallest absolute Gasteiger partial charge is 0.172 e. The highest BCUT2D eigenvalue weighted by molar-refractivity contribution is 7.12. The van der Waals surface area contributed by atoms with Crippen LogP contribution in [0.15, 0.2) is 17.5 Å². The Morgan fingerprint density at radius 1 is 1.58 bits per heavy atom. The molecule has 0 aliphatic carbocycles. The second-order valence-electron chi connectivity index (χ2n) is 2.25. The SMILES string of the molecule is CCC(=O)c1cccs1.CNC. The van der Waals surface area contributed by atoms with Crippen LogP contribution in [0.5, 0.6) is 0 Å². The van der Waals surface area contributed by atoms with Crippen molar-refractivity contribution >= 4 is 17.1 Å². The molecule has 0 atom stereocenters. The summed E-state index contributed by atoms with van der Waals surface area (Å²) >= 11 is 1.51. The average molecular weight is 185 g/mol. The van der Waals surface area contributed by atoms with Crippen molar-refractivity contribution in [3.8, 4) is 0 Å². The highest BCUT2D eigenvalue weighted by Crippen LogP contribution is 2.10. The molecule has 0 aromatic carbocycles. The zero-order valence-corrected chi connectivity index (χ0v) is 8.57. The maximum Gasteiger partial charge on any atom is 0.172 e. The van der Waals surface area contributed by atoms with Gasteiger partial charge in [0.2, 0.25) is 0 Å². The third-order valence-electron chi connectivity index (χ3n) is 1.12. The van der Waals surface area contributed by atoms with Gasteiger partial charge in [0.05, 0.1) is 4.88 Å². The number of hydrogen-bond acceptors (Lipinski definition) is 3. The summed E-state index contributed by atoms with van der Waals surface area (Å²) in [5, 5.41) is 4.67. The van der Waals surface area contributed by atoms with Crippen LogP contribution < -0.4 is 5.32 Å². The van der Waals surface area contributed by atoms with Gasteiger partial charge < -0.3 is 5.32 Å². The zero-order chi connectivity index (χ0) is 9.40. The molecule has 1 rings (SSSR count). The molecule has 0 saturated heterocycles. The molecule has 0 saturated carbocycles. The van der Waals surface area contributed by atoms with Crippen molar-refractivity contribution in [1.82, 2.24) is 5.32 Å². The quantitative estimate of drug-likeness (QED) is 0.715. The fourth-order valence-electron chi connectivity index (χ4n) is 0.611. The molecule has 12 heavy (non-hydrogen) atoms. The van der Waals surface area contributed by atoms with Crippen LogP contribution in [0.1, 0.15) is 23.0 Å². The van der Waals surface area contributed by atoms with Crippen LogP contribution in [-0.2, 0) is 0 Å². The van der Waals surface area contributed by atoms with E-state index in [0.717, 1.165) is 4.88 Å². The van der Waals surface area contributed by atoms with E-state index in [-0.39, 0.29) is 5.78 Å². The molecule has 1 N–H and O–H groups in total. The lowest BCUT2D eigenvalue weighted by Gasteiger charge is -1.86. The van der Waals surface area contributed by atoms with E-state index in [1.54, 1.807) is 0 Å². The molecule has 0 unspecified atom stereocenters. The molecule has 68 valence electrons. The third kappa shape index (κ3) is 4.26. The van der Waals surface area contributed by atoms with Gasteiger partial charge in [0.25, 0.3) is 0 Å². The van der Waals surface area contributed by atoms with Crippen LogP contribution in [0, 0.1) is 0 Å². The number of Topliss-reactive ketones (excluding diaryl/α,β-unsaturated/α-hetero) is 1. The van der Waals surface area contributed by atoms with Gasteiger partial charge in [-0.05, 0) is 25.5 Å². The Morgan fingerprint density at radius 3 is 2.50 bits per heavy atom. The van der Waals surface area contributed by atoms with Crippen molar-refractivity contribution in [2.75, 3.05) is 14.1 Å². The molecule has 0 bridgehead atoms. The summed E-state index contributed by atoms with van der Waals surface area (Å²) < 4.78 is 0. The summed E-state index contributed by atoms with van der Waals surface area (Å²) in [6, 6.07) is 3.75. The summed E-state index contributed by atoms with van der Waals surface area (Å²) in [5.74, 6) is 0.241. The predicted molar refractivity (Wildman–Crippen MR) is 53.9 cm³/mol. The maximum atomic E-state index is 10.9. The van der Waals surface area contributed by atoms with Gasteiger partial charge in [-0.1, -0.05) is 13.0 Å². The second-order valence-corrected chi connectivity index (χ2v) is 3.20. The minimum Gasteiger partial charge on any atom is -0.323 e. The van der Waals surface area contributed by atoms with E-state index in [2.05, 4.69) is 5.32 Å². The first-order valence-electron chi connectivity index (χ1n) is 3.91. The van der Waals surface area contributed by atoms with Gasteiger partial charge in [0, 0.05) is 6.42 Å². The van der Waals surface area contributed by atoms with E-state index in [0.29, 0.717) is 6.42 Å². The molecule has 1 aromatic rings. The van der Waals surface area contributed by atoms with Gasteiger partial charge >= 0.3 is 0 Å². The highest BCUT2D eigenvalue weighted by Gasteiger charge is 2.00. The summed E-state index contributed by atoms with van der Waals surface area (Å²) in [5.41, 5.74) is 0. The zero-order valence-electron chi connectivity index (χ0n) is 7.76. The number of carbonyl (C=O) groups excluding carboxylic acids is 1. The van der Waals surface area contributed by atoms with E-state index in [9.17, 15) is 4.79 Å². The minimum atomic E-state index is 0.241. The molecule has 0 amide bonds. The molecule has 3 heteroatoms. The van der Waals surface area contributed by atoms with E-state index in [1.807, 2.05) is 38.5 Å². The van der Waals surface area contributed by atoms with Crippen molar-refractivity contribution in [1.29, 1.82) is 0 Å². The molecule has 2 nitrogen and oxygen atoms in total. The van der Waals surface area contributed by atoms with Gasteiger partial charge in [0.15, 0.2) is 5.78 Å². The molecule has 0 spiro atoms. The minimum absolute atomic E-state index is 0.241. The predicted octanol–water partition coefficient (Wildman–Crippen LogP) is 2.18. The van der Waals surface area contributed by atoms with Crippen molar-refractivity contribution in [3.05, 3.63) is 22.4 Å². The maximum absolute atomic E-state index is 10.9. The van der Waals surface area contributed by atoms with E-state index < -0.39 is 0 Å². The Morgan fingerprint density at radius 2 is 2.17 bits per heavy atom. The fraction of sp³-hybridized carbons (Fsp3) is 0.444. The molecule has 0 aliphatic rings. The highest BCUT2D eigenvalue weighted by atomic mass is 32.1. The standard InChI is InChI=1S/C7H8OS.C2H7N/c1-2-6(8)7-4-3-5-9-7;1-3-2/h3-5H,2H2,1H3;3H,1-2H3. The van der Waals surface area contributed by atoms with E-state index in [1.165, 1.54) is 11.3 Å². The summed E-state index contributed by atoms with van der Waals surface area (Å²) in [7, 11) is 3.75. The molecule has 1 aromatic heterocycles.